The van der Waals surface area contributed by atoms with Gasteiger partial charge in [0.15, 0.2) is 0 Å². The van der Waals surface area contributed by atoms with Crippen LogP contribution in [0.2, 0.25) is 0 Å². The predicted octanol–water partition coefficient (Wildman–Crippen LogP) is 5.43. The molecule has 0 aromatic heterocycles. The first-order valence-corrected chi connectivity index (χ1v) is 8.83. The summed E-state index contributed by atoms with van der Waals surface area (Å²) in [6, 6.07) is 17.2. The van der Waals surface area contributed by atoms with Crippen LogP contribution in [0.1, 0.15) is 36.8 Å². The maximum Gasteiger partial charge on any atom is 0.118 e. The highest BCUT2D eigenvalue weighted by molar-refractivity contribution is 5.94. The smallest absolute Gasteiger partial charge is 0.118 e. The maximum atomic E-state index is 5.33. The molecule has 0 N–H and O–H groups in total. The molecule has 0 unspecified atom stereocenters. The van der Waals surface area contributed by atoms with Crippen LogP contribution in [0.5, 0.6) is 11.5 Å². The van der Waals surface area contributed by atoms with E-state index in [0.29, 0.717) is 0 Å². The largest absolute Gasteiger partial charge is 0.497 e. The molecule has 0 radical (unpaired) electrons. The van der Waals surface area contributed by atoms with Crippen molar-refractivity contribution < 1.29 is 9.47 Å². The third kappa shape index (κ3) is 3.06. The van der Waals surface area contributed by atoms with E-state index in [1.807, 2.05) is 0 Å². The van der Waals surface area contributed by atoms with Crippen molar-refractivity contribution in [3.8, 4) is 11.5 Å². The lowest BCUT2D eigenvalue weighted by Gasteiger charge is -2.17. The summed E-state index contributed by atoms with van der Waals surface area (Å²) in [5.41, 5.74) is 5.84. The summed E-state index contributed by atoms with van der Waals surface area (Å²) < 4.78 is 10.7. The second-order valence-electron chi connectivity index (χ2n) is 6.83. The predicted molar refractivity (Wildman–Crippen MR) is 98.3 cm³/mol. The molecule has 24 heavy (non-hydrogen) atoms. The number of hydrogen-bond donors (Lipinski definition) is 0. The van der Waals surface area contributed by atoms with Gasteiger partial charge < -0.3 is 9.47 Å². The quantitative estimate of drug-likeness (QED) is 0.660. The summed E-state index contributed by atoms with van der Waals surface area (Å²) in [4.78, 5) is 0. The van der Waals surface area contributed by atoms with Gasteiger partial charge >= 0.3 is 0 Å². The van der Waals surface area contributed by atoms with Crippen molar-refractivity contribution >= 4 is 11.1 Å². The Morgan fingerprint density at radius 1 is 0.625 bits per heavy atom. The molecule has 2 aromatic carbocycles. The number of hydrogen-bond acceptors (Lipinski definition) is 2. The van der Waals surface area contributed by atoms with E-state index < -0.39 is 0 Å². The van der Waals surface area contributed by atoms with Gasteiger partial charge in [0.05, 0.1) is 14.2 Å². The lowest BCUT2D eigenvalue weighted by molar-refractivity contribution is 0.414. The van der Waals surface area contributed by atoms with Gasteiger partial charge in [-0.3, -0.25) is 0 Å². The minimum Gasteiger partial charge on any atom is -0.497 e. The minimum atomic E-state index is 0.719. The average molecular weight is 320 g/mol. The van der Waals surface area contributed by atoms with Crippen LogP contribution in [-0.2, 0) is 0 Å². The number of methoxy groups -OCH3 is 2. The Balaban J connectivity index is 1.80. The van der Waals surface area contributed by atoms with Gasteiger partial charge in [-0.15, -0.1) is 0 Å². The highest BCUT2D eigenvalue weighted by Crippen LogP contribution is 2.53. The summed E-state index contributed by atoms with van der Waals surface area (Å²) in [5.74, 6) is 3.28. The molecule has 0 spiro atoms. The summed E-state index contributed by atoms with van der Waals surface area (Å²) >= 11 is 0. The van der Waals surface area contributed by atoms with E-state index >= 15 is 0 Å². The molecule has 2 heteroatoms. The van der Waals surface area contributed by atoms with Crippen molar-refractivity contribution in [2.24, 2.45) is 11.8 Å². The molecular weight excluding hydrogens is 296 g/mol. The summed E-state index contributed by atoms with van der Waals surface area (Å²) in [5, 5.41) is 0. The Hall–Kier alpha value is -2.22. The van der Waals surface area contributed by atoms with E-state index in [1.165, 1.54) is 36.8 Å². The zero-order valence-electron chi connectivity index (χ0n) is 14.4. The second-order valence-corrected chi connectivity index (χ2v) is 6.83. The Kier molecular flexibility index (Phi) is 4.05. The Morgan fingerprint density at radius 3 is 1.21 bits per heavy atom. The zero-order valence-corrected chi connectivity index (χ0v) is 14.4. The third-order valence-electron chi connectivity index (χ3n) is 5.06. The molecule has 2 saturated carbocycles. The molecule has 2 aliphatic carbocycles. The topological polar surface area (TPSA) is 18.5 Å². The molecular formula is C22H24O2. The van der Waals surface area contributed by atoms with Crippen molar-refractivity contribution in [2.75, 3.05) is 14.2 Å². The zero-order chi connectivity index (χ0) is 16.5. The van der Waals surface area contributed by atoms with Crippen molar-refractivity contribution in [1.29, 1.82) is 0 Å². The monoisotopic (exact) mass is 320 g/mol. The Bertz CT molecular complexity index is 667. The molecule has 0 heterocycles. The van der Waals surface area contributed by atoms with Gasteiger partial charge in [0.25, 0.3) is 0 Å². The summed E-state index contributed by atoms with van der Waals surface area (Å²) in [7, 11) is 3.44. The standard InChI is InChI=1S/C22H24O2/c1-23-19-11-7-17(8-12-19)21(15-3-4-15)22(16-5-6-16)18-9-13-20(24-2)14-10-18/h7-16H,3-6H2,1-2H3. The first-order chi connectivity index (χ1) is 11.8. The minimum absolute atomic E-state index is 0.719. The summed E-state index contributed by atoms with van der Waals surface area (Å²) in [6.07, 6.45) is 5.25. The molecule has 2 aliphatic rings. The van der Waals surface area contributed by atoms with Gasteiger partial charge in [0, 0.05) is 0 Å². The van der Waals surface area contributed by atoms with Gasteiger partial charge in [-0.2, -0.15) is 0 Å². The summed E-state index contributed by atoms with van der Waals surface area (Å²) in [6.45, 7) is 0. The number of ether oxygens (including phenoxy) is 2. The fourth-order valence-corrected chi connectivity index (χ4v) is 3.51. The van der Waals surface area contributed by atoms with Crippen molar-refractivity contribution in [3.05, 3.63) is 59.7 Å². The van der Waals surface area contributed by atoms with Gasteiger partial charge in [0.1, 0.15) is 11.5 Å². The van der Waals surface area contributed by atoms with Crippen LogP contribution in [0, 0.1) is 11.8 Å². The van der Waals surface area contributed by atoms with Crippen LogP contribution in [0.3, 0.4) is 0 Å². The first kappa shape index (κ1) is 15.3. The van der Waals surface area contributed by atoms with E-state index in [4.69, 9.17) is 9.47 Å². The number of benzene rings is 2. The first-order valence-electron chi connectivity index (χ1n) is 8.83. The van der Waals surface area contributed by atoms with E-state index in [2.05, 4.69) is 48.5 Å². The third-order valence-corrected chi connectivity index (χ3v) is 5.06. The van der Waals surface area contributed by atoms with E-state index in [-0.39, 0.29) is 0 Å². The van der Waals surface area contributed by atoms with Crippen molar-refractivity contribution in [2.45, 2.75) is 25.7 Å². The highest BCUT2D eigenvalue weighted by Gasteiger charge is 2.36. The SMILES string of the molecule is COc1ccc(C(=C(c2ccc(OC)cc2)C2CC2)C2CC2)cc1. The number of rotatable bonds is 6. The number of allylic oxidation sites excluding steroid dienone is 2. The fourth-order valence-electron chi connectivity index (χ4n) is 3.51. The maximum absolute atomic E-state index is 5.33. The fraction of sp³-hybridized carbons (Fsp3) is 0.364. The van der Waals surface area contributed by atoms with Crippen LogP contribution in [-0.4, -0.2) is 14.2 Å². The van der Waals surface area contributed by atoms with E-state index in [1.54, 1.807) is 25.4 Å². The average Bonchev–Trinajstić information content (AvgIpc) is 3.53. The van der Waals surface area contributed by atoms with Crippen molar-refractivity contribution in [1.82, 2.24) is 0 Å². The van der Waals surface area contributed by atoms with Crippen molar-refractivity contribution in [3.63, 3.8) is 0 Å². The van der Waals surface area contributed by atoms with Crippen LogP contribution >= 0.6 is 0 Å². The molecule has 0 atom stereocenters. The lowest BCUT2D eigenvalue weighted by atomic mass is 9.88. The van der Waals surface area contributed by atoms with Gasteiger partial charge in [-0.05, 0) is 84.1 Å². The molecule has 2 aromatic rings. The van der Waals surface area contributed by atoms with Crippen LogP contribution in [0.15, 0.2) is 48.5 Å². The van der Waals surface area contributed by atoms with E-state index in [0.717, 1.165) is 23.3 Å². The molecule has 0 amide bonds. The normalized spacial score (nSPS) is 18.1. The molecule has 2 fully saturated rings. The van der Waals surface area contributed by atoms with Crippen LogP contribution < -0.4 is 9.47 Å². The van der Waals surface area contributed by atoms with Crippen LogP contribution in [0.4, 0.5) is 0 Å². The van der Waals surface area contributed by atoms with Gasteiger partial charge in [-0.25, -0.2) is 0 Å². The van der Waals surface area contributed by atoms with Crippen LogP contribution in [0.25, 0.3) is 11.1 Å². The molecule has 0 saturated heterocycles. The Labute approximate surface area is 144 Å². The molecule has 4 rings (SSSR count). The molecule has 0 bridgehead atoms. The van der Waals surface area contributed by atoms with Gasteiger partial charge in [-0.1, -0.05) is 24.3 Å². The Morgan fingerprint density at radius 2 is 0.958 bits per heavy atom. The van der Waals surface area contributed by atoms with E-state index in [9.17, 15) is 0 Å². The lowest BCUT2D eigenvalue weighted by Crippen LogP contribution is -1.97. The van der Waals surface area contributed by atoms with Gasteiger partial charge in [0.2, 0.25) is 0 Å². The highest BCUT2D eigenvalue weighted by atomic mass is 16.5. The molecule has 124 valence electrons. The second kappa shape index (κ2) is 6.35. The molecule has 0 aliphatic heterocycles. The molecule has 2 nitrogen and oxygen atoms in total.